The summed E-state index contributed by atoms with van der Waals surface area (Å²) in [6, 6.07) is 0. The molecule has 1 rings (SSSR count). The van der Waals surface area contributed by atoms with E-state index in [-0.39, 0.29) is 29.6 Å². The Hall–Kier alpha value is 0.220. The van der Waals surface area contributed by atoms with Crippen LogP contribution in [0.1, 0.15) is 6.42 Å². The van der Waals surface area contributed by atoms with Gasteiger partial charge >= 0.3 is 0 Å². The van der Waals surface area contributed by atoms with Crippen molar-refractivity contribution in [3.63, 3.8) is 0 Å². The summed E-state index contributed by atoms with van der Waals surface area (Å²) < 4.78 is 0. The van der Waals surface area contributed by atoms with Gasteiger partial charge in [0.1, 0.15) is 0 Å². The van der Waals surface area contributed by atoms with Crippen LogP contribution in [-0.4, -0.2) is 29.6 Å². The monoisotopic (exact) mass is 115 g/mol. The van der Waals surface area contributed by atoms with E-state index in [0.29, 0.717) is 0 Å². The molecule has 0 aromatic rings. The molecule has 0 amide bonds. The first-order valence-corrected chi connectivity index (χ1v) is 2.40. The molecule has 1 aliphatic rings. The Labute approximate surface area is 72.3 Å². The van der Waals surface area contributed by atoms with Crippen LogP contribution < -0.4 is 0 Å². The minimum atomic E-state index is 0. The Morgan fingerprint density at radius 2 is 2.12 bits per heavy atom. The van der Waals surface area contributed by atoms with Gasteiger partial charge in [-0.15, -0.1) is 0 Å². The largest absolute Gasteiger partial charge is 0.0955 e. The van der Waals surface area contributed by atoms with E-state index in [0.717, 1.165) is 6.42 Å². The van der Waals surface area contributed by atoms with Crippen LogP contribution in [0, 0.1) is 0 Å². The quantitative estimate of drug-likeness (QED) is 0.421. The van der Waals surface area contributed by atoms with Crippen molar-refractivity contribution in [1.29, 1.82) is 0 Å². The summed E-state index contributed by atoms with van der Waals surface area (Å²) in [4.78, 5) is 0. The molecular weight excluding hydrogens is 107 g/mol. The van der Waals surface area contributed by atoms with Gasteiger partial charge in [0.25, 0.3) is 0 Å². The molecule has 0 N–H and O–H groups in total. The molecule has 0 nitrogen and oxygen atoms in total. The first kappa shape index (κ1) is 8.22. The van der Waals surface area contributed by atoms with Gasteiger partial charge < -0.3 is 0 Å². The zero-order valence-electron chi connectivity index (χ0n) is 5.22. The van der Waals surface area contributed by atoms with Gasteiger partial charge in [-0.2, -0.15) is 0 Å². The van der Waals surface area contributed by atoms with E-state index in [4.69, 9.17) is 0 Å². The van der Waals surface area contributed by atoms with Gasteiger partial charge in [-0.25, -0.2) is 0 Å². The number of hydrogen-bond donors (Lipinski definition) is 0. The van der Waals surface area contributed by atoms with Gasteiger partial charge in [-0.3, -0.25) is 0 Å². The SMILES string of the molecule is C=C1C=CC=CC1.[Na]. The molecule has 0 spiro atoms. The Morgan fingerprint density at radius 3 is 2.38 bits per heavy atom. The molecule has 1 aliphatic carbocycles. The maximum Gasteiger partial charge on any atom is 0 e. The standard InChI is InChI=1S/C7H8.Na/c1-7-5-3-2-4-6-7;/h2-5H,1,6H2;. The summed E-state index contributed by atoms with van der Waals surface area (Å²) in [6.45, 7) is 3.78. The molecule has 0 atom stereocenters. The molecule has 0 aromatic heterocycles. The van der Waals surface area contributed by atoms with Crippen molar-refractivity contribution >= 4 is 29.6 Å². The van der Waals surface area contributed by atoms with E-state index in [1.165, 1.54) is 5.57 Å². The molecule has 0 heterocycles. The fourth-order valence-corrected chi connectivity index (χ4v) is 0.558. The molecule has 0 aliphatic heterocycles. The summed E-state index contributed by atoms with van der Waals surface area (Å²) in [5.74, 6) is 0. The van der Waals surface area contributed by atoms with Crippen molar-refractivity contribution < 1.29 is 0 Å². The second kappa shape index (κ2) is 4.13. The molecule has 0 saturated heterocycles. The van der Waals surface area contributed by atoms with E-state index in [1.807, 2.05) is 18.2 Å². The van der Waals surface area contributed by atoms with Crippen LogP contribution in [0.15, 0.2) is 36.5 Å². The van der Waals surface area contributed by atoms with E-state index in [2.05, 4.69) is 12.7 Å². The van der Waals surface area contributed by atoms with E-state index < -0.39 is 0 Å². The summed E-state index contributed by atoms with van der Waals surface area (Å²) in [7, 11) is 0. The Bertz CT molecular complexity index is 131. The topological polar surface area (TPSA) is 0 Å². The first-order chi connectivity index (χ1) is 3.39. The summed E-state index contributed by atoms with van der Waals surface area (Å²) >= 11 is 0. The van der Waals surface area contributed by atoms with Gasteiger partial charge in [-0.1, -0.05) is 36.5 Å². The molecule has 1 heteroatoms. The van der Waals surface area contributed by atoms with Gasteiger partial charge in [0.15, 0.2) is 0 Å². The van der Waals surface area contributed by atoms with Crippen LogP contribution in [0.25, 0.3) is 0 Å². The molecule has 8 heavy (non-hydrogen) atoms. The third-order valence-corrected chi connectivity index (χ3v) is 0.959. The average molecular weight is 115 g/mol. The molecule has 0 aromatic carbocycles. The maximum absolute atomic E-state index is 3.78. The van der Waals surface area contributed by atoms with Crippen LogP contribution in [0.4, 0.5) is 0 Å². The van der Waals surface area contributed by atoms with Crippen LogP contribution in [0.5, 0.6) is 0 Å². The maximum atomic E-state index is 3.78. The third kappa shape index (κ3) is 2.51. The van der Waals surface area contributed by atoms with Crippen molar-refractivity contribution in [2.24, 2.45) is 0 Å². The fourth-order valence-electron chi connectivity index (χ4n) is 0.558. The Kier molecular flexibility index (Phi) is 4.25. The summed E-state index contributed by atoms with van der Waals surface area (Å²) in [6.07, 6.45) is 9.19. The number of hydrogen-bond acceptors (Lipinski definition) is 0. The van der Waals surface area contributed by atoms with Crippen molar-refractivity contribution in [3.05, 3.63) is 36.5 Å². The van der Waals surface area contributed by atoms with E-state index in [9.17, 15) is 0 Å². The minimum Gasteiger partial charge on any atom is -0.0955 e. The van der Waals surface area contributed by atoms with Crippen molar-refractivity contribution in [2.45, 2.75) is 6.42 Å². The fraction of sp³-hybridized carbons (Fsp3) is 0.143. The van der Waals surface area contributed by atoms with Crippen molar-refractivity contribution in [1.82, 2.24) is 0 Å². The number of allylic oxidation sites excluding steroid dienone is 5. The average Bonchev–Trinajstić information content (AvgIpc) is 1.69. The second-order valence-electron chi connectivity index (χ2n) is 1.65. The number of rotatable bonds is 0. The molecule has 1 radical (unpaired) electrons. The van der Waals surface area contributed by atoms with Crippen LogP contribution in [0.3, 0.4) is 0 Å². The molecule has 37 valence electrons. The van der Waals surface area contributed by atoms with Gasteiger partial charge in [0.2, 0.25) is 0 Å². The summed E-state index contributed by atoms with van der Waals surface area (Å²) in [5.41, 5.74) is 1.20. The van der Waals surface area contributed by atoms with Crippen LogP contribution in [-0.2, 0) is 0 Å². The predicted molar refractivity (Wildman–Crippen MR) is 37.8 cm³/mol. The predicted octanol–water partition coefficient (Wildman–Crippen LogP) is 1.68. The molecule has 0 fully saturated rings. The van der Waals surface area contributed by atoms with Gasteiger partial charge in [0, 0.05) is 29.6 Å². The molecule has 0 saturated carbocycles. The third-order valence-electron chi connectivity index (χ3n) is 0.959. The first-order valence-electron chi connectivity index (χ1n) is 2.40. The van der Waals surface area contributed by atoms with Crippen molar-refractivity contribution in [2.75, 3.05) is 0 Å². The second-order valence-corrected chi connectivity index (χ2v) is 1.65. The molecular formula is C7H8Na. The normalized spacial score (nSPS) is 15.8. The van der Waals surface area contributed by atoms with Crippen molar-refractivity contribution in [3.8, 4) is 0 Å². The zero-order valence-corrected chi connectivity index (χ0v) is 7.22. The van der Waals surface area contributed by atoms with Crippen LogP contribution >= 0.6 is 0 Å². The van der Waals surface area contributed by atoms with Gasteiger partial charge in [-0.05, 0) is 6.42 Å². The zero-order chi connectivity index (χ0) is 5.11. The summed E-state index contributed by atoms with van der Waals surface area (Å²) in [5, 5.41) is 0. The van der Waals surface area contributed by atoms with Gasteiger partial charge in [0.05, 0.1) is 0 Å². The smallest absolute Gasteiger partial charge is 0 e. The molecule has 0 bridgehead atoms. The molecule has 0 unspecified atom stereocenters. The minimum absolute atomic E-state index is 0. The van der Waals surface area contributed by atoms with E-state index >= 15 is 0 Å². The van der Waals surface area contributed by atoms with Crippen LogP contribution in [0.2, 0.25) is 0 Å². The van der Waals surface area contributed by atoms with E-state index in [1.54, 1.807) is 0 Å². The Balaban J connectivity index is 0.000000490. The Morgan fingerprint density at radius 1 is 1.38 bits per heavy atom.